The second-order valence-corrected chi connectivity index (χ2v) is 13.2. The molecule has 2 aliphatic heterocycles. The molecule has 2 saturated heterocycles. The average Bonchev–Trinajstić information content (AvgIpc) is 3.75. The number of aromatic nitrogens is 4. The van der Waals surface area contributed by atoms with E-state index >= 15 is 0 Å². The van der Waals surface area contributed by atoms with Crippen LogP contribution in [0.4, 0.5) is 0 Å². The van der Waals surface area contributed by atoms with Crippen molar-refractivity contribution in [2.24, 2.45) is 11.3 Å². The van der Waals surface area contributed by atoms with Crippen LogP contribution in [0.25, 0.3) is 44.8 Å². The number of hydrogen-bond donors (Lipinski definition) is 4. The molecule has 3 aliphatic carbocycles. The van der Waals surface area contributed by atoms with Crippen molar-refractivity contribution in [3.05, 3.63) is 60.4 Å². The van der Waals surface area contributed by atoms with Crippen LogP contribution in [0.3, 0.4) is 0 Å². The maximum atomic E-state index is 4.81. The van der Waals surface area contributed by atoms with E-state index in [2.05, 4.69) is 63.9 Å². The van der Waals surface area contributed by atoms with Crippen LogP contribution < -0.4 is 10.6 Å². The van der Waals surface area contributed by atoms with Crippen LogP contribution in [0.2, 0.25) is 0 Å². The van der Waals surface area contributed by atoms with Crippen LogP contribution in [0.5, 0.6) is 0 Å². The van der Waals surface area contributed by atoms with Crippen LogP contribution in [-0.4, -0.2) is 32.0 Å². The number of fused-ring (bicyclic) bond motifs is 6. The molecule has 2 saturated carbocycles. The minimum Gasteiger partial charge on any atom is -0.341 e. The second-order valence-electron chi connectivity index (χ2n) is 13.2. The smallest absolute Gasteiger partial charge is 0.123 e. The summed E-state index contributed by atoms with van der Waals surface area (Å²) >= 11 is 0. The first-order valence-electron chi connectivity index (χ1n) is 15.0. The van der Waals surface area contributed by atoms with Gasteiger partial charge in [-0.3, -0.25) is 0 Å². The zero-order valence-electron chi connectivity index (χ0n) is 22.6. The summed E-state index contributed by atoms with van der Waals surface area (Å²) in [6, 6.07) is 15.7. The van der Waals surface area contributed by atoms with Crippen molar-refractivity contribution in [2.75, 3.05) is 0 Å². The van der Waals surface area contributed by atoms with E-state index in [9.17, 15) is 0 Å². The van der Waals surface area contributed by atoms with E-state index in [-0.39, 0.29) is 0 Å². The Morgan fingerprint density at radius 3 is 2.10 bits per heavy atom. The standard InChI is InChI=1S/C33H36N6/c1-33-11-3-6-30(33)37-27(15-33)32-35-17-29(39-32)20-8-10-22-23-12-19(7-9-21(23)24(22)13-20)28-16-34-31(38-28)26-14-18-4-2-5-25(18)36-26/h7-10,12-13,16-18,25-27,30,36-37H,2-6,11,14-15H2,1H3,(H,34,38)(H,35,39). The highest BCUT2D eigenvalue weighted by atomic mass is 15.1. The van der Waals surface area contributed by atoms with Gasteiger partial charge >= 0.3 is 0 Å². The van der Waals surface area contributed by atoms with E-state index in [1.165, 1.54) is 84.7 Å². The molecule has 0 bridgehead atoms. The number of benzene rings is 2. The lowest BCUT2D eigenvalue weighted by Crippen LogP contribution is -2.29. The monoisotopic (exact) mass is 516 g/mol. The molecule has 5 aliphatic rings. The summed E-state index contributed by atoms with van der Waals surface area (Å²) < 4.78 is 0. The van der Waals surface area contributed by atoms with Gasteiger partial charge in [-0.25, -0.2) is 9.97 Å². The van der Waals surface area contributed by atoms with Crippen molar-refractivity contribution >= 4 is 0 Å². The Hall–Kier alpha value is -3.22. The minimum absolute atomic E-state index is 0.340. The quantitative estimate of drug-likeness (QED) is 0.209. The molecule has 4 fully saturated rings. The fourth-order valence-electron chi connectivity index (χ4n) is 8.66. The number of aromatic amines is 2. The Morgan fingerprint density at radius 1 is 0.744 bits per heavy atom. The number of hydrogen-bond acceptors (Lipinski definition) is 4. The average molecular weight is 517 g/mol. The Bertz CT molecular complexity index is 1590. The number of rotatable bonds is 4. The minimum atomic E-state index is 0.340. The van der Waals surface area contributed by atoms with Gasteiger partial charge in [0.1, 0.15) is 11.6 Å². The zero-order chi connectivity index (χ0) is 25.7. The van der Waals surface area contributed by atoms with Crippen molar-refractivity contribution < 1.29 is 0 Å². The molecule has 6 atom stereocenters. The van der Waals surface area contributed by atoms with Crippen molar-refractivity contribution in [3.63, 3.8) is 0 Å². The third kappa shape index (κ3) is 3.40. The largest absolute Gasteiger partial charge is 0.341 e. The van der Waals surface area contributed by atoms with Crippen molar-refractivity contribution in [1.29, 1.82) is 0 Å². The summed E-state index contributed by atoms with van der Waals surface area (Å²) in [6.07, 6.45) is 14.5. The van der Waals surface area contributed by atoms with E-state index in [1.54, 1.807) is 0 Å². The van der Waals surface area contributed by atoms with Crippen molar-refractivity contribution in [2.45, 2.75) is 82.5 Å². The third-order valence-corrected chi connectivity index (χ3v) is 10.9. The van der Waals surface area contributed by atoms with E-state index in [0.29, 0.717) is 29.6 Å². The maximum Gasteiger partial charge on any atom is 0.123 e. The molecular formula is C33H36N6. The normalized spacial score (nSPS) is 32.1. The van der Waals surface area contributed by atoms with Crippen LogP contribution in [0, 0.1) is 11.3 Å². The summed E-state index contributed by atoms with van der Waals surface area (Å²) in [5, 5.41) is 7.68. The molecule has 9 rings (SSSR count). The molecule has 198 valence electrons. The van der Waals surface area contributed by atoms with E-state index in [1.807, 2.05) is 12.4 Å². The molecule has 39 heavy (non-hydrogen) atoms. The van der Waals surface area contributed by atoms with E-state index in [4.69, 9.17) is 9.97 Å². The van der Waals surface area contributed by atoms with E-state index in [0.717, 1.165) is 29.0 Å². The zero-order valence-corrected chi connectivity index (χ0v) is 22.6. The van der Waals surface area contributed by atoms with Crippen molar-refractivity contribution in [3.8, 4) is 44.8 Å². The second kappa shape index (κ2) is 8.15. The number of nitrogens with one attached hydrogen (secondary N) is 4. The molecule has 2 aromatic heterocycles. The first-order valence-corrected chi connectivity index (χ1v) is 15.0. The van der Waals surface area contributed by atoms with E-state index < -0.39 is 0 Å². The van der Waals surface area contributed by atoms with Crippen LogP contribution in [0.1, 0.15) is 82.0 Å². The Balaban J connectivity index is 0.938. The lowest BCUT2D eigenvalue weighted by molar-refractivity contribution is 0.321. The molecule has 0 amide bonds. The van der Waals surface area contributed by atoms with Gasteiger partial charge in [-0.15, -0.1) is 0 Å². The van der Waals surface area contributed by atoms with Gasteiger partial charge in [0.15, 0.2) is 0 Å². The molecule has 6 unspecified atom stereocenters. The maximum absolute atomic E-state index is 4.81. The van der Waals surface area contributed by atoms with Gasteiger partial charge in [-0.1, -0.05) is 44.0 Å². The SMILES string of the molecule is CC12CCCC1NC(c1ncc(-c3ccc4c(c3)-c3ccc(-c5cnc(C6CC7CCCC7N6)[nH]5)cc3-4)[nH]1)C2. The Morgan fingerprint density at radius 2 is 1.44 bits per heavy atom. The van der Waals surface area contributed by atoms with Gasteiger partial charge in [0.05, 0.1) is 35.9 Å². The van der Waals surface area contributed by atoms with Crippen LogP contribution in [0.15, 0.2) is 48.8 Å². The Kier molecular flexibility index (Phi) is 4.72. The van der Waals surface area contributed by atoms with Crippen molar-refractivity contribution in [1.82, 2.24) is 30.6 Å². The summed E-state index contributed by atoms with van der Waals surface area (Å²) in [5.74, 6) is 3.01. The Labute approximate surface area is 229 Å². The lowest BCUT2D eigenvalue weighted by atomic mass is 9.78. The highest BCUT2D eigenvalue weighted by Gasteiger charge is 2.47. The third-order valence-electron chi connectivity index (χ3n) is 10.9. The van der Waals surface area contributed by atoms with Gasteiger partial charge in [-0.2, -0.15) is 0 Å². The number of H-pyrrole nitrogens is 2. The first kappa shape index (κ1) is 22.6. The molecule has 0 radical (unpaired) electrons. The number of nitrogens with zero attached hydrogens (tertiary/aromatic N) is 2. The summed E-state index contributed by atoms with van der Waals surface area (Å²) in [6.45, 7) is 2.45. The predicted molar refractivity (Wildman–Crippen MR) is 154 cm³/mol. The molecule has 6 nitrogen and oxygen atoms in total. The first-order chi connectivity index (χ1) is 19.1. The highest BCUT2D eigenvalue weighted by molar-refractivity contribution is 6.04. The molecular weight excluding hydrogens is 480 g/mol. The summed E-state index contributed by atoms with van der Waals surface area (Å²) in [7, 11) is 0. The van der Waals surface area contributed by atoms with Gasteiger partial charge < -0.3 is 20.6 Å². The highest BCUT2D eigenvalue weighted by Crippen LogP contribution is 2.51. The molecule has 4 aromatic rings. The van der Waals surface area contributed by atoms with Gasteiger partial charge in [0, 0.05) is 23.2 Å². The van der Waals surface area contributed by atoms with Gasteiger partial charge in [0.25, 0.3) is 0 Å². The molecule has 0 spiro atoms. The molecule has 2 aromatic carbocycles. The molecule has 4 N–H and O–H groups in total. The van der Waals surface area contributed by atoms with Crippen LogP contribution >= 0.6 is 0 Å². The summed E-state index contributed by atoms with van der Waals surface area (Å²) in [4.78, 5) is 16.9. The fourth-order valence-corrected chi connectivity index (χ4v) is 8.66. The molecule has 6 heteroatoms. The van der Waals surface area contributed by atoms with Crippen LogP contribution in [-0.2, 0) is 0 Å². The molecule has 4 heterocycles. The summed E-state index contributed by atoms with van der Waals surface area (Å²) in [5.41, 5.74) is 10.4. The lowest BCUT2D eigenvalue weighted by Gasteiger charge is -2.25. The van der Waals surface area contributed by atoms with Gasteiger partial charge in [-0.05, 0) is 84.2 Å². The fraction of sp³-hybridized carbons (Fsp3) is 0.455. The predicted octanol–water partition coefficient (Wildman–Crippen LogP) is 6.91. The van der Waals surface area contributed by atoms with Gasteiger partial charge in [0.2, 0.25) is 0 Å². The topological polar surface area (TPSA) is 81.4 Å². The number of imidazole rings is 2.